The van der Waals surface area contributed by atoms with Crippen LogP contribution in [0.3, 0.4) is 0 Å². The summed E-state index contributed by atoms with van der Waals surface area (Å²) in [6, 6.07) is 3.51. The average Bonchev–Trinajstić information content (AvgIpc) is 2.61. The maximum Gasteiger partial charge on any atom is 0.231 e. The van der Waals surface area contributed by atoms with E-state index in [0.29, 0.717) is 22.8 Å². The Morgan fingerprint density at radius 1 is 1.33 bits per heavy atom. The van der Waals surface area contributed by atoms with Crippen LogP contribution in [0.4, 0.5) is 0 Å². The highest BCUT2D eigenvalue weighted by Gasteiger charge is 2.28. The molecule has 0 saturated carbocycles. The predicted molar refractivity (Wildman–Crippen MR) is 54.4 cm³/mol. The third-order valence-electron chi connectivity index (χ3n) is 2.34. The molecule has 0 radical (unpaired) electrons. The Kier molecular flexibility index (Phi) is 2.23. The van der Waals surface area contributed by atoms with Gasteiger partial charge in [-0.3, -0.25) is 0 Å². The molecule has 1 aromatic rings. The van der Waals surface area contributed by atoms with Crippen molar-refractivity contribution in [3.8, 4) is 17.2 Å². The Morgan fingerprint density at radius 3 is 2.67 bits per heavy atom. The Balaban J connectivity index is 2.57. The second-order valence-electron chi connectivity index (χ2n) is 3.97. The first kappa shape index (κ1) is 10.1. The zero-order valence-corrected chi connectivity index (χ0v) is 9.03. The van der Waals surface area contributed by atoms with Crippen LogP contribution in [0, 0.1) is 0 Å². The van der Waals surface area contributed by atoms with E-state index < -0.39 is 5.60 Å². The Labute approximate surface area is 88.4 Å². The van der Waals surface area contributed by atoms with Crippen molar-refractivity contribution in [2.24, 2.45) is 0 Å². The fourth-order valence-electron chi connectivity index (χ4n) is 1.56. The lowest BCUT2D eigenvalue weighted by Crippen LogP contribution is -2.16. The quantitative estimate of drug-likeness (QED) is 0.806. The van der Waals surface area contributed by atoms with E-state index in [4.69, 9.17) is 14.2 Å². The molecule has 0 aliphatic carbocycles. The van der Waals surface area contributed by atoms with Crippen LogP contribution in [-0.4, -0.2) is 19.0 Å². The van der Waals surface area contributed by atoms with E-state index in [1.807, 2.05) is 0 Å². The first-order valence-corrected chi connectivity index (χ1v) is 4.73. The predicted octanol–water partition coefficient (Wildman–Crippen LogP) is 1.65. The zero-order chi connectivity index (χ0) is 11.1. The molecule has 1 heterocycles. The van der Waals surface area contributed by atoms with Crippen molar-refractivity contribution in [1.29, 1.82) is 0 Å². The van der Waals surface area contributed by atoms with Crippen molar-refractivity contribution in [3.05, 3.63) is 17.7 Å². The molecule has 15 heavy (non-hydrogen) atoms. The van der Waals surface area contributed by atoms with Crippen molar-refractivity contribution in [2.45, 2.75) is 19.4 Å². The number of rotatable bonds is 2. The molecule has 1 aliphatic rings. The van der Waals surface area contributed by atoms with Crippen LogP contribution >= 0.6 is 0 Å². The molecule has 4 nitrogen and oxygen atoms in total. The number of benzene rings is 1. The SMILES string of the molecule is COc1cc2c(c(C(C)(C)O)c1)OCO2. The fourth-order valence-corrected chi connectivity index (χ4v) is 1.56. The summed E-state index contributed by atoms with van der Waals surface area (Å²) in [4.78, 5) is 0. The number of methoxy groups -OCH3 is 1. The summed E-state index contributed by atoms with van der Waals surface area (Å²) in [6.07, 6.45) is 0. The van der Waals surface area contributed by atoms with Crippen molar-refractivity contribution in [3.63, 3.8) is 0 Å². The summed E-state index contributed by atoms with van der Waals surface area (Å²) >= 11 is 0. The first-order chi connectivity index (χ1) is 7.02. The van der Waals surface area contributed by atoms with Crippen molar-refractivity contribution in [1.82, 2.24) is 0 Å². The number of ether oxygens (including phenoxy) is 3. The number of hydrogen-bond acceptors (Lipinski definition) is 4. The Morgan fingerprint density at radius 2 is 2.07 bits per heavy atom. The first-order valence-electron chi connectivity index (χ1n) is 4.73. The van der Waals surface area contributed by atoms with Gasteiger partial charge in [-0.05, 0) is 19.9 Å². The second kappa shape index (κ2) is 3.31. The van der Waals surface area contributed by atoms with Gasteiger partial charge >= 0.3 is 0 Å². The molecule has 2 rings (SSSR count). The summed E-state index contributed by atoms with van der Waals surface area (Å²) in [5, 5.41) is 9.98. The summed E-state index contributed by atoms with van der Waals surface area (Å²) in [6.45, 7) is 3.58. The van der Waals surface area contributed by atoms with Crippen molar-refractivity contribution < 1.29 is 19.3 Å². The smallest absolute Gasteiger partial charge is 0.231 e. The van der Waals surface area contributed by atoms with Gasteiger partial charge in [0.2, 0.25) is 6.79 Å². The maximum atomic E-state index is 9.98. The largest absolute Gasteiger partial charge is 0.497 e. The van der Waals surface area contributed by atoms with Crippen LogP contribution in [-0.2, 0) is 5.60 Å². The fraction of sp³-hybridized carbons (Fsp3) is 0.455. The molecule has 1 aromatic carbocycles. The van der Waals surface area contributed by atoms with Gasteiger partial charge in [0.25, 0.3) is 0 Å². The number of aliphatic hydroxyl groups is 1. The zero-order valence-electron chi connectivity index (χ0n) is 9.03. The van der Waals surface area contributed by atoms with Gasteiger partial charge in [-0.1, -0.05) is 0 Å². The molecule has 0 saturated heterocycles. The molecular formula is C11H14O4. The molecule has 0 aromatic heterocycles. The van der Waals surface area contributed by atoms with Crippen molar-refractivity contribution in [2.75, 3.05) is 13.9 Å². The molecule has 0 unspecified atom stereocenters. The van der Waals surface area contributed by atoms with Crippen molar-refractivity contribution >= 4 is 0 Å². The van der Waals surface area contributed by atoms with Gasteiger partial charge in [0.15, 0.2) is 11.5 Å². The highest BCUT2D eigenvalue weighted by Crippen LogP contribution is 2.43. The van der Waals surface area contributed by atoms with E-state index in [2.05, 4.69) is 0 Å². The summed E-state index contributed by atoms with van der Waals surface area (Å²) in [5.74, 6) is 1.87. The molecule has 0 amide bonds. The third-order valence-corrected chi connectivity index (χ3v) is 2.34. The van der Waals surface area contributed by atoms with Crippen LogP contribution in [0.5, 0.6) is 17.2 Å². The number of fused-ring (bicyclic) bond motifs is 1. The van der Waals surface area contributed by atoms with Gasteiger partial charge in [-0.15, -0.1) is 0 Å². The molecule has 4 heteroatoms. The normalized spacial score (nSPS) is 14.1. The molecular weight excluding hydrogens is 196 g/mol. The highest BCUT2D eigenvalue weighted by molar-refractivity contribution is 5.54. The monoisotopic (exact) mass is 210 g/mol. The molecule has 0 atom stereocenters. The van der Waals surface area contributed by atoms with Crippen LogP contribution in [0.1, 0.15) is 19.4 Å². The summed E-state index contributed by atoms with van der Waals surface area (Å²) in [5.41, 5.74) is -0.305. The molecule has 1 N–H and O–H groups in total. The minimum absolute atomic E-state index is 0.186. The van der Waals surface area contributed by atoms with E-state index >= 15 is 0 Å². The van der Waals surface area contributed by atoms with E-state index in [9.17, 15) is 5.11 Å². The van der Waals surface area contributed by atoms with Gasteiger partial charge in [0, 0.05) is 11.6 Å². The van der Waals surface area contributed by atoms with Gasteiger partial charge in [0.1, 0.15) is 5.75 Å². The van der Waals surface area contributed by atoms with E-state index in [1.54, 1.807) is 33.1 Å². The number of hydrogen-bond donors (Lipinski definition) is 1. The molecule has 0 spiro atoms. The lowest BCUT2D eigenvalue weighted by molar-refractivity contribution is 0.0741. The average molecular weight is 210 g/mol. The standard InChI is InChI=1S/C11H14O4/c1-11(2,12)8-4-7(13-3)5-9-10(8)15-6-14-9/h4-5,12H,6H2,1-3H3. The van der Waals surface area contributed by atoms with Crippen LogP contribution < -0.4 is 14.2 Å². The summed E-state index contributed by atoms with van der Waals surface area (Å²) < 4.78 is 15.7. The van der Waals surface area contributed by atoms with E-state index in [-0.39, 0.29) is 6.79 Å². The third kappa shape index (κ3) is 1.72. The van der Waals surface area contributed by atoms with E-state index in [1.165, 1.54) is 0 Å². The maximum absolute atomic E-state index is 9.98. The Bertz CT molecular complexity index is 379. The second-order valence-corrected chi connectivity index (χ2v) is 3.97. The minimum Gasteiger partial charge on any atom is -0.497 e. The molecule has 0 fully saturated rings. The van der Waals surface area contributed by atoms with E-state index in [0.717, 1.165) is 0 Å². The lowest BCUT2D eigenvalue weighted by Gasteiger charge is -2.20. The lowest BCUT2D eigenvalue weighted by atomic mass is 9.96. The van der Waals surface area contributed by atoms with Gasteiger partial charge in [0.05, 0.1) is 12.7 Å². The van der Waals surface area contributed by atoms with Crippen LogP contribution in [0.25, 0.3) is 0 Å². The highest BCUT2D eigenvalue weighted by atomic mass is 16.7. The van der Waals surface area contributed by atoms with Gasteiger partial charge in [-0.25, -0.2) is 0 Å². The van der Waals surface area contributed by atoms with Gasteiger partial charge in [-0.2, -0.15) is 0 Å². The molecule has 82 valence electrons. The van der Waals surface area contributed by atoms with Gasteiger partial charge < -0.3 is 19.3 Å². The Hall–Kier alpha value is -1.42. The molecule has 0 bridgehead atoms. The minimum atomic E-state index is -0.980. The van der Waals surface area contributed by atoms with Crippen LogP contribution in [0.15, 0.2) is 12.1 Å². The topological polar surface area (TPSA) is 47.9 Å². The summed E-state index contributed by atoms with van der Waals surface area (Å²) in [7, 11) is 1.58. The van der Waals surface area contributed by atoms with Crippen LogP contribution in [0.2, 0.25) is 0 Å². The molecule has 1 aliphatic heterocycles.